The molecule has 44 valence electrons. The highest BCUT2D eigenvalue weighted by Gasteiger charge is 1.93. The van der Waals surface area contributed by atoms with E-state index in [0.29, 0.717) is 0 Å². The number of aryl methyl sites for hydroxylation is 2. The number of rotatable bonds is 0. The van der Waals surface area contributed by atoms with E-state index in [9.17, 15) is 0 Å². The van der Waals surface area contributed by atoms with Gasteiger partial charge in [0.1, 0.15) is 0 Å². The summed E-state index contributed by atoms with van der Waals surface area (Å²) < 4.78 is 7.48. The Morgan fingerprint density at radius 2 is 2.12 bits per heavy atom. The van der Waals surface area contributed by atoms with Crippen LogP contribution in [0.1, 0.15) is 16.7 Å². The summed E-state index contributed by atoms with van der Waals surface area (Å²) in [7, 11) is 0. The molecule has 0 saturated heterocycles. The first-order valence-corrected chi connectivity index (χ1v) is 3.47. The Hall–Kier alpha value is -0.300. The Bertz CT molecular complexity index is 203. The zero-order valence-corrected chi connectivity index (χ0v) is 6.22. The molecule has 0 aliphatic heterocycles. The molecule has 0 unspecified atom stereocenters. The molecule has 0 atom stereocenters. The van der Waals surface area contributed by atoms with Crippen molar-refractivity contribution in [2.45, 2.75) is 20.8 Å². The number of thiophene rings is 1. The fourth-order valence-electron chi connectivity index (χ4n) is 0.684. The second-order valence-corrected chi connectivity index (χ2v) is 3.39. The van der Waals surface area contributed by atoms with Gasteiger partial charge >= 0.3 is 0 Å². The highest BCUT2D eigenvalue weighted by Crippen LogP contribution is 2.18. The lowest BCUT2D eigenvalue weighted by atomic mass is 10.3. The molecule has 0 saturated carbocycles. The van der Waals surface area contributed by atoms with Crippen molar-refractivity contribution in [3.8, 4) is 0 Å². The Kier molecular flexibility index (Phi) is 1.09. The van der Waals surface area contributed by atoms with Gasteiger partial charge in [0.15, 0.2) is 0 Å². The molecule has 0 amide bonds. The summed E-state index contributed by atoms with van der Waals surface area (Å²) in [6.45, 7) is 6.05. The fraction of sp³-hybridized carbons (Fsp3) is 0.429. The van der Waals surface area contributed by atoms with Crippen molar-refractivity contribution in [1.82, 2.24) is 0 Å². The van der Waals surface area contributed by atoms with Crippen molar-refractivity contribution in [3.05, 3.63) is 21.4 Å². The maximum absolute atomic E-state index is 7.48. The van der Waals surface area contributed by atoms with E-state index in [0.717, 1.165) is 16.5 Å². The molecule has 1 heterocycles. The molecule has 0 bridgehead atoms. The average molecular weight is 127 g/mol. The molecule has 1 rings (SSSR count). The van der Waals surface area contributed by atoms with Crippen molar-refractivity contribution < 1.29 is 1.37 Å². The Balaban J connectivity index is 3.29. The van der Waals surface area contributed by atoms with Gasteiger partial charge in [-0.2, -0.15) is 0 Å². The molecule has 0 nitrogen and oxygen atoms in total. The lowest BCUT2D eigenvalue weighted by Gasteiger charge is -1.79. The first kappa shape index (κ1) is 4.57. The zero-order chi connectivity index (χ0) is 7.02. The normalized spacial score (nSPS) is 11.6. The molecule has 0 aliphatic rings. The van der Waals surface area contributed by atoms with Crippen LogP contribution in [0.15, 0.2) is 6.04 Å². The van der Waals surface area contributed by atoms with Crippen LogP contribution in [-0.2, 0) is 0 Å². The van der Waals surface area contributed by atoms with Gasteiger partial charge in [-0.05, 0) is 32.4 Å². The molecular formula is C7H10S. The Morgan fingerprint density at radius 3 is 2.25 bits per heavy atom. The maximum Gasteiger partial charge on any atom is 0.0637 e. The van der Waals surface area contributed by atoms with Crippen molar-refractivity contribution >= 4 is 11.3 Å². The summed E-state index contributed by atoms with van der Waals surface area (Å²) in [6.07, 6.45) is 0. The van der Waals surface area contributed by atoms with Gasteiger partial charge in [0.25, 0.3) is 0 Å². The Morgan fingerprint density at radius 1 is 1.50 bits per heavy atom. The summed E-state index contributed by atoms with van der Waals surface area (Å²) in [5.41, 5.74) is 1.14. The lowest BCUT2D eigenvalue weighted by Crippen LogP contribution is -1.62. The minimum atomic E-state index is 0.720. The number of hydrogen-bond acceptors (Lipinski definition) is 1. The Labute approximate surface area is 55.6 Å². The van der Waals surface area contributed by atoms with Gasteiger partial charge in [-0.15, -0.1) is 11.3 Å². The molecule has 0 aliphatic carbocycles. The van der Waals surface area contributed by atoms with Crippen LogP contribution in [0, 0.1) is 20.8 Å². The van der Waals surface area contributed by atoms with Gasteiger partial charge in [0.2, 0.25) is 0 Å². The standard InChI is InChI=1S/C7H10S/c1-5-4-6(2)8-7(5)3/h4H,1-3H3/i4D. The summed E-state index contributed by atoms with van der Waals surface area (Å²) >= 11 is 1.71. The predicted molar refractivity (Wildman–Crippen MR) is 38.5 cm³/mol. The largest absolute Gasteiger partial charge is 0.146 e. The maximum atomic E-state index is 7.48. The second kappa shape index (κ2) is 1.90. The molecular weight excluding hydrogens is 116 g/mol. The van der Waals surface area contributed by atoms with Crippen molar-refractivity contribution in [2.24, 2.45) is 0 Å². The third-order valence-corrected chi connectivity index (χ3v) is 2.22. The minimum absolute atomic E-state index is 0.720. The second-order valence-electron chi connectivity index (χ2n) is 1.96. The van der Waals surface area contributed by atoms with Gasteiger partial charge in [0, 0.05) is 9.75 Å². The van der Waals surface area contributed by atoms with E-state index >= 15 is 0 Å². The minimum Gasteiger partial charge on any atom is -0.146 e. The molecule has 0 aromatic carbocycles. The van der Waals surface area contributed by atoms with E-state index in [-0.39, 0.29) is 0 Å². The highest BCUT2D eigenvalue weighted by molar-refractivity contribution is 7.12. The van der Waals surface area contributed by atoms with E-state index in [1.807, 2.05) is 13.8 Å². The van der Waals surface area contributed by atoms with Crippen LogP contribution in [-0.4, -0.2) is 0 Å². The van der Waals surface area contributed by atoms with Gasteiger partial charge < -0.3 is 0 Å². The smallest absolute Gasteiger partial charge is 0.0637 e. The van der Waals surface area contributed by atoms with Crippen LogP contribution in [0.25, 0.3) is 0 Å². The van der Waals surface area contributed by atoms with E-state index < -0.39 is 0 Å². The monoisotopic (exact) mass is 127 g/mol. The third-order valence-electron chi connectivity index (χ3n) is 1.20. The van der Waals surface area contributed by atoms with Gasteiger partial charge in [-0.1, -0.05) is 0 Å². The molecule has 1 aromatic heterocycles. The lowest BCUT2D eigenvalue weighted by molar-refractivity contribution is 1.43. The predicted octanol–water partition coefficient (Wildman–Crippen LogP) is 2.67. The molecule has 0 spiro atoms. The first-order valence-electron chi connectivity index (χ1n) is 3.16. The molecule has 1 aromatic rings. The van der Waals surface area contributed by atoms with Gasteiger partial charge in [-0.3, -0.25) is 0 Å². The molecule has 0 radical (unpaired) electrons. The molecule has 1 heteroatoms. The van der Waals surface area contributed by atoms with E-state index in [1.54, 1.807) is 11.3 Å². The van der Waals surface area contributed by atoms with Crippen LogP contribution in [0.4, 0.5) is 0 Å². The summed E-state index contributed by atoms with van der Waals surface area (Å²) in [6, 6.07) is 0.720. The van der Waals surface area contributed by atoms with Crippen molar-refractivity contribution in [3.63, 3.8) is 0 Å². The third kappa shape index (κ3) is 0.920. The quantitative estimate of drug-likeness (QED) is 0.502. The highest BCUT2D eigenvalue weighted by atomic mass is 32.1. The molecule has 0 N–H and O–H groups in total. The zero-order valence-electron chi connectivity index (χ0n) is 6.41. The SMILES string of the molecule is [2H]c1c(C)sc(C)c1C. The van der Waals surface area contributed by atoms with E-state index in [4.69, 9.17) is 1.37 Å². The van der Waals surface area contributed by atoms with Crippen LogP contribution in [0.5, 0.6) is 0 Å². The van der Waals surface area contributed by atoms with E-state index in [1.165, 1.54) is 4.88 Å². The first-order chi connectivity index (χ1) is 4.13. The van der Waals surface area contributed by atoms with Gasteiger partial charge in [0.05, 0.1) is 1.37 Å². The van der Waals surface area contributed by atoms with Crippen LogP contribution in [0.2, 0.25) is 0 Å². The summed E-state index contributed by atoms with van der Waals surface area (Å²) in [5, 5.41) is 0. The van der Waals surface area contributed by atoms with E-state index in [2.05, 4.69) is 6.92 Å². The molecule has 0 fully saturated rings. The van der Waals surface area contributed by atoms with Crippen LogP contribution in [0.3, 0.4) is 0 Å². The van der Waals surface area contributed by atoms with Crippen LogP contribution >= 0.6 is 11.3 Å². The van der Waals surface area contributed by atoms with Crippen molar-refractivity contribution in [2.75, 3.05) is 0 Å². The van der Waals surface area contributed by atoms with Crippen molar-refractivity contribution in [1.29, 1.82) is 0 Å². The summed E-state index contributed by atoms with van der Waals surface area (Å²) in [5.74, 6) is 0. The molecule has 8 heavy (non-hydrogen) atoms. The number of hydrogen-bond donors (Lipinski definition) is 0. The van der Waals surface area contributed by atoms with Gasteiger partial charge in [-0.25, -0.2) is 0 Å². The van der Waals surface area contributed by atoms with Crippen LogP contribution < -0.4 is 0 Å². The fourth-order valence-corrected chi connectivity index (χ4v) is 1.55. The average Bonchev–Trinajstić information content (AvgIpc) is 1.98. The summed E-state index contributed by atoms with van der Waals surface area (Å²) in [4.78, 5) is 2.41. The topological polar surface area (TPSA) is 0 Å².